The van der Waals surface area contributed by atoms with Gasteiger partial charge in [-0.3, -0.25) is 9.59 Å². The fourth-order valence-corrected chi connectivity index (χ4v) is 4.12. The number of rotatable bonds is 9. The van der Waals surface area contributed by atoms with Gasteiger partial charge in [0.05, 0.1) is 18.0 Å². The third-order valence-corrected chi connectivity index (χ3v) is 6.33. The smallest absolute Gasteiger partial charge is 0.244 e. The zero-order chi connectivity index (χ0) is 19.8. The number of para-hydroxylation sites is 1. The predicted molar refractivity (Wildman–Crippen MR) is 114 cm³/mol. The lowest BCUT2D eigenvalue weighted by Gasteiger charge is -2.16. The van der Waals surface area contributed by atoms with Crippen LogP contribution in [0, 0.1) is 0 Å². The first-order valence-corrected chi connectivity index (χ1v) is 11.0. The highest BCUT2D eigenvalue weighted by Crippen LogP contribution is 2.26. The van der Waals surface area contributed by atoms with Crippen molar-refractivity contribution in [2.24, 2.45) is 0 Å². The SMILES string of the molecule is CCC(C)Nc1nnc(SCC(=O)N(C)CC(=O)Nc2ccccc2Br)s1. The van der Waals surface area contributed by atoms with Gasteiger partial charge in [0.1, 0.15) is 0 Å². The zero-order valence-corrected chi connectivity index (χ0v) is 18.6. The Bertz CT molecular complexity index is 786. The van der Waals surface area contributed by atoms with E-state index < -0.39 is 0 Å². The van der Waals surface area contributed by atoms with E-state index in [-0.39, 0.29) is 24.1 Å². The molecule has 0 aliphatic carbocycles. The number of amides is 2. The Balaban J connectivity index is 1.78. The second-order valence-electron chi connectivity index (χ2n) is 5.89. The number of nitrogens with zero attached hydrogens (tertiary/aromatic N) is 3. The standard InChI is InChI=1S/C17H22BrN5O2S2/c1-4-11(2)19-16-21-22-17(27-16)26-10-15(25)23(3)9-14(24)20-13-8-6-5-7-12(13)18/h5-8,11H,4,9-10H2,1-3H3,(H,19,21)(H,20,24). The summed E-state index contributed by atoms with van der Waals surface area (Å²) in [7, 11) is 1.61. The second-order valence-corrected chi connectivity index (χ2v) is 8.95. The molecule has 0 radical (unpaired) electrons. The van der Waals surface area contributed by atoms with Gasteiger partial charge in [-0.05, 0) is 41.4 Å². The Kier molecular flexibility index (Phi) is 8.52. The largest absolute Gasteiger partial charge is 0.358 e. The van der Waals surface area contributed by atoms with Crippen LogP contribution in [0.4, 0.5) is 10.8 Å². The number of benzene rings is 1. The monoisotopic (exact) mass is 471 g/mol. The number of aromatic nitrogens is 2. The number of hydrogen-bond donors (Lipinski definition) is 2. The second kappa shape index (κ2) is 10.6. The molecule has 27 heavy (non-hydrogen) atoms. The van der Waals surface area contributed by atoms with Crippen molar-refractivity contribution >= 4 is 61.7 Å². The van der Waals surface area contributed by atoms with Crippen LogP contribution in [0.1, 0.15) is 20.3 Å². The molecule has 0 saturated carbocycles. The fraction of sp³-hybridized carbons (Fsp3) is 0.412. The average Bonchev–Trinajstić information content (AvgIpc) is 3.08. The van der Waals surface area contributed by atoms with E-state index in [2.05, 4.69) is 50.6 Å². The zero-order valence-electron chi connectivity index (χ0n) is 15.4. The van der Waals surface area contributed by atoms with Gasteiger partial charge >= 0.3 is 0 Å². The maximum atomic E-state index is 12.3. The summed E-state index contributed by atoms with van der Waals surface area (Å²) < 4.78 is 1.51. The van der Waals surface area contributed by atoms with Gasteiger partial charge in [0.2, 0.25) is 16.9 Å². The molecule has 0 bridgehead atoms. The molecule has 146 valence electrons. The molecule has 1 heterocycles. The Hall–Kier alpha value is -1.65. The Morgan fingerprint density at radius 3 is 2.78 bits per heavy atom. The summed E-state index contributed by atoms with van der Waals surface area (Å²) in [4.78, 5) is 25.8. The molecule has 0 aliphatic rings. The molecule has 0 aliphatic heterocycles. The van der Waals surface area contributed by atoms with Crippen molar-refractivity contribution in [2.75, 3.05) is 30.0 Å². The van der Waals surface area contributed by atoms with E-state index in [1.807, 2.05) is 18.2 Å². The van der Waals surface area contributed by atoms with Gasteiger partial charge in [-0.1, -0.05) is 42.2 Å². The summed E-state index contributed by atoms with van der Waals surface area (Å²) in [6.45, 7) is 4.15. The molecule has 2 amide bonds. The Labute approximate surface area is 175 Å². The van der Waals surface area contributed by atoms with E-state index in [0.717, 1.165) is 20.4 Å². The number of carbonyl (C=O) groups excluding carboxylic acids is 2. The minimum Gasteiger partial charge on any atom is -0.358 e. The fourth-order valence-electron chi connectivity index (χ4n) is 1.93. The summed E-state index contributed by atoms with van der Waals surface area (Å²) in [5.41, 5.74) is 0.674. The van der Waals surface area contributed by atoms with E-state index in [4.69, 9.17) is 0 Å². The molecule has 10 heteroatoms. The molecular weight excluding hydrogens is 450 g/mol. The van der Waals surface area contributed by atoms with Crippen LogP contribution in [0.2, 0.25) is 0 Å². The molecule has 0 fully saturated rings. The van der Waals surface area contributed by atoms with Crippen LogP contribution in [0.15, 0.2) is 33.1 Å². The van der Waals surface area contributed by atoms with Crippen molar-refractivity contribution in [1.29, 1.82) is 0 Å². The molecule has 2 rings (SSSR count). The van der Waals surface area contributed by atoms with Gasteiger partial charge in [0, 0.05) is 17.6 Å². The number of anilines is 2. The third kappa shape index (κ3) is 7.11. The normalized spacial score (nSPS) is 11.7. The van der Waals surface area contributed by atoms with Crippen LogP contribution in [-0.4, -0.2) is 52.3 Å². The van der Waals surface area contributed by atoms with E-state index in [9.17, 15) is 9.59 Å². The van der Waals surface area contributed by atoms with Crippen molar-refractivity contribution in [3.63, 3.8) is 0 Å². The molecule has 2 N–H and O–H groups in total. The molecule has 1 aromatic heterocycles. The first-order chi connectivity index (χ1) is 12.9. The van der Waals surface area contributed by atoms with Gasteiger partial charge in [-0.25, -0.2) is 0 Å². The van der Waals surface area contributed by atoms with Gasteiger partial charge < -0.3 is 15.5 Å². The van der Waals surface area contributed by atoms with Crippen LogP contribution >= 0.6 is 39.0 Å². The number of nitrogens with one attached hydrogen (secondary N) is 2. The van der Waals surface area contributed by atoms with Gasteiger partial charge in [-0.2, -0.15) is 0 Å². The number of hydrogen-bond acceptors (Lipinski definition) is 7. The van der Waals surface area contributed by atoms with Crippen LogP contribution < -0.4 is 10.6 Å². The van der Waals surface area contributed by atoms with Crippen molar-refractivity contribution < 1.29 is 9.59 Å². The minimum atomic E-state index is -0.251. The van der Waals surface area contributed by atoms with Crippen LogP contribution in [-0.2, 0) is 9.59 Å². The van der Waals surface area contributed by atoms with Crippen LogP contribution in [0.3, 0.4) is 0 Å². The quantitative estimate of drug-likeness (QED) is 0.542. The van der Waals surface area contributed by atoms with E-state index in [1.54, 1.807) is 13.1 Å². The first kappa shape index (κ1) is 21.6. The van der Waals surface area contributed by atoms with Crippen molar-refractivity contribution in [2.45, 2.75) is 30.6 Å². The molecule has 7 nitrogen and oxygen atoms in total. The predicted octanol–water partition coefficient (Wildman–Crippen LogP) is 3.70. The van der Waals surface area contributed by atoms with Crippen molar-refractivity contribution in [3.05, 3.63) is 28.7 Å². The molecule has 1 aromatic carbocycles. The highest BCUT2D eigenvalue weighted by molar-refractivity contribution is 9.10. The maximum Gasteiger partial charge on any atom is 0.244 e. The highest BCUT2D eigenvalue weighted by Gasteiger charge is 2.15. The summed E-state index contributed by atoms with van der Waals surface area (Å²) in [6, 6.07) is 7.65. The van der Waals surface area contributed by atoms with Crippen molar-refractivity contribution in [3.8, 4) is 0 Å². The summed E-state index contributed by atoms with van der Waals surface area (Å²) in [5.74, 6) is -0.191. The molecular formula is C17H22BrN5O2S2. The lowest BCUT2D eigenvalue weighted by Crippen LogP contribution is -2.36. The van der Waals surface area contributed by atoms with E-state index in [0.29, 0.717) is 11.7 Å². The number of thioether (sulfide) groups is 1. The van der Waals surface area contributed by atoms with Crippen LogP contribution in [0.25, 0.3) is 0 Å². The molecule has 2 aromatic rings. The van der Waals surface area contributed by atoms with Crippen LogP contribution in [0.5, 0.6) is 0 Å². The highest BCUT2D eigenvalue weighted by atomic mass is 79.9. The van der Waals surface area contributed by atoms with Gasteiger partial charge in [-0.15, -0.1) is 10.2 Å². The lowest BCUT2D eigenvalue weighted by molar-refractivity contribution is -0.131. The molecule has 0 saturated heterocycles. The minimum absolute atomic E-state index is 0.0162. The van der Waals surface area contributed by atoms with Crippen molar-refractivity contribution in [1.82, 2.24) is 15.1 Å². The summed E-state index contributed by atoms with van der Waals surface area (Å²) in [5, 5.41) is 14.9. The lowest BCUT2D eigenvalue weighted by atomic mass is 10.3. The maximum absolute atomic E-state index is 12.3. The van der Waals surface area contributed by atoms with Gasteiger partial charge in [0.15, 0.2) is 4.34 Å². The summed E-state index contributed by atoms with van der Waals surface area (Å²) in [6.07, 6.45) is 0.993. The topological polar surface area (TPSA) is 87.2 Å². The molecule has 1 unspecified atom stereocenters. The number of halogens is 1. The average molecular weight is 472 g/mol. The molecule has 1 atom stereocenters. The van der Waals surface area contributed by atoms with Gasteiger partial charge in [0.25, 0.3) is 0 Å². The first-order valence-electron chi connectivity index (χ1n) is 8.40. The summed E-state index contributed by atoms with van der Waals surface area (Å²) >= 11 is 6.12. The number of carbonyl (C=O) groups is 2. The Morgan fingerprint density at radius 1 is 1.33 bits per heavy atom. The third-order valence-electron chi connectivity index (χ3n) is 3.66. The Morgan fingerprint density at radius 2 is 2.07 bits per heavy atom. The van der Waals surface area contributed by atoms with E-state index >= 15 is 0 Å². The molecule has 0 spiro atoms. The van der Waals surface area contributed by atoms with E-state index in [1.165, 1.54) is 28.0 Å². The number of likely N-dealkylation sites (N-methyl/N-ethyl adjacent to an activating group) is 1.